The zero-order chi connectivity index (χ0) is 17.4. The van der Waals surface area contributed by atoms with E-state index in [1.807, 2.05) is 37.3 Å². The number of hydroxylamine groups is 1. The van der Waals surface area contributed by atoms with E-state index in [2.05, 4.69) is 15.6 Å². The third kappa shape index (κ3) is 2.78. The predicted molar refractivity (Wildman–Crippen MR) is 88.2 cm³/mol. The molecule has 1 N–H and O–H groups in total. The van der Waals surface area contributed by atoms with Gasteiger partial charge in [-0.1, -0.05) is 18.2 Å². The lowest BCUT2D eigenvalue weighted by molar-refractivity contribution is 0.0372. The van der Waals surface area contributed by atoms with Crippen LogP contribution in [0.25, 0.3) is 5.69 Å². The summed E-state index contributed by atoms with van der Waals surface area (Å²) < 4.78 is 29.0. The number of aromatic nitrogens is 2. The van der Waals surface area contributed by atoms with Gasteiger partial charge in [0.25, 0.3) is 0 Å². The Hall–Kier alpha value is -3.06. The summed E-state index contributed by atoms with van der Waals surface area (Å²) in [4.78, 5) is 9.76. The number of nitrogens with one attached hydrogen (secondary N) is 1. The summed E-state index contributed by atoms with van der Waals surface area (Å²) >= 11 is 0. The maximum Gasteiger partial charge on any atom is 0.206 e. The molecule has 4 rings (SSSR count). The molecule has 0 saturated heterocycles. The fourth-order valence-electron chi connectivity index (χ4n) is 2.71. The number of hydrogen-bond donors (Lipinski definition) is 1. The zero-order valence-corrected chi connectivity index (χ0v) is 13.3. The first-order valence-electron chi connectivity index (χ1n) is 7.68. The van der Waals surface area contributed by atoms with Crippen LogP contribution in [-0.4, -0.2) is 15.6 Å². The monoisotopic (exact) mass is 340 g/mol. The number of para-hydroxylation sites is 1. The molecule has 0 saturated carbocycles. The van der Waals surface area contributed by atoms with Crippen molar-refractivity contribution in [2.24, 2.45) is 4.99 Å². The van der Waals surface area contributed by atoms with Gasteiger partial charge in [-0.2, -0.15) is 5.10 Å². The molecule has 0 fully saturated rings. The van der Waals surface area contributed by atoms with E-state index in [1.165, 1.54) is 0 Å². The molecule has 2 heterocycles. The SMILES string of the molecule is Cc1c(C2N=C(c3cc(F)ccc3F)NO2)cnn1-c1ccccc1. The number of hydrogen-bond acceptors (Lipinski definition) is 4. The number of benzene rings is 2. The summed E-state index contributed by atoms with van der Waals surface area (Å²) in [6.07, 6.45) is 0.971. The van der Waals surface area contributed by atoms with Crippen molar-refractivity contribution in [3.05, 3.63) is 83.2 Å². The van der Waals surface area contributed by atoms with Gasteiger partial charge < -0.3 is 0 Å². The van der Waals surface area contributed by atoms with Gasteiger partial charge in [-0.25, -0.2) is 28.8 Å². The molecule has 0 radical (unpaired) electrons. The second-order valence-corrected chi connectivity index (χ2v) is 5.61. The normalized spacial score (nSPS) is 16.6. The molecular formula is C18H14F2N4O. The smallest absolute Gasteiger partial charge is 0.206 e. The van der Waals surface area contributed by atoms with Gasteiger partial charge in [-0.05, 0) is 37.3 Å². The van der Waals surface area contributed by atoms with Crippen LogP contribution < -0.4 is 5.48 Å². The molecule has 1 unspecified atom stereocenters. The highest BCUT2D eigenvalue weighted by molar-refractivity contribution is 5.99. The standard InChI is InChI=1S/C18H14F2N4O/c1-11-15(10-21-24(11)13-5-3-2-4-6-13)18-22-17(23-25-18)14-9-12(19)7-8-16(14)20/h2-10,18H,1H3,(H,22,23). The maximum absolute atomic E-state index is 13.9. The van der Waals surface area contributed by atoms with E-state index in [9.17, 15) is 8.78 Å². The van der Waals surface area contributed by atoms with Gasteiger partial charge in [0.05, 0.1) is 17.4 Å². The molecule has 2 aromatic carbocycles. The highest BCUT2D eigenvalue weighted by Crippen LogP contribution is 2.27. The molecule has 0 spiro atoms. The van der Waals surface area contributed by atoms with Crippen LogP contribution in [-0.2, 0) is 4.84 Å². The second kappa shape index (κ2) is 6.10. The molecule has 1 aliphatic heterocycles. The van der Waals surface area contributed by atoms with E-state index in [-0.39, 0.29) is 11.4 Å². The topological polar surface area (TPSA) is 51.4 Å². The van der Waals surface area contributed by atoms with Crippen LogP contribution in [0, 0.1) is 18.6 Å². The van der Waals surface area contributed by atoms with Crippen molar-refractivity contribution >= 4 is 5.84 Å². The lowest BCUT2D eigenvalue weighted by atomic mass is 10.2. The number of rotatable bonds is 3. The second-order valence-electron chi connectivity index (χ2n) is 5.61. The summed E-state index contributed by atoms with van der Waals surface area (Å²) in [7, 11) is 0. The van der Waals surface area contributed by atoms with Crippen molar-refractivity contribution in [3.63, 3.8) is 0 Å². The quantitative estimate of drug-likeness (QED) is 0.795. The lowest BCUT2D eigenvalue weighted by Gasteiger charge is -2.07. The minimum atomic E-state index is -0.685. The average Bonchev–Trinajstić information content (AvgIpc) is 3.24. The highest BCUT2D eigenvalue weighted by atomic mass is 19.1. The number of halogens is 2. The summed E-state index contributed by atoms with van der Waals surface area (Å²) in [5.41, 5.74) is 5.10. The van der Waals surface area contributed by atoms with Crippen molar-refractivity contribution in [3.8, 4) is 5.69 Å². The molecule has 0 bridgehead atoms. The van der Waals surface area contributed by atoms with Crippen molar-refractivity contribution in [2.45, 2.75) is 13.2 Å². The van der Waals surface area contributed by atoms with Crippen LogP contribution in [0.4, 0.5) is 8.78 Å². The van der Waals surface area contributed by atoms with Crippen LogP contribution >= 0.6 is 0 Å². The van der Waals surface area contributed by atoms with Crippen molar-refractivity contribution in [1.82, 2.24) is 15.3 Å². The lowest BCUT2D eigenvalue weighted by Crippen LogP contribution is -2.19. The van der Waals surface area contributed by atoms with Gasteiger partial charge >= 0.3 is 0 Å². The molecule has 3 aromatic rings. The van der Waals surface area contributed by atoms with E-state index in [0.29, 0.717) is 0 Å². The molecule has 0 aliphatic carbocycles. The molecule has 0 amide bonds. The van der Waals surface area contributed by atoms with Crippen molar-refractivity contribution in [2.75, 3.05) is 0 Å². The number of nitrogens with zero attached hydrogens (tertiary/aromatic N) is 3. The summed E-state index contributed by atoms with van der Waals surface area (Å²) in [5.74, 6) is -0.972. The molecule has 126 valence electrons. The van der Waals surface area contributed by atoms with Gasteiger partial charge in [0.1, 0.15) is 11.6 Å². The molecule has 1 atom stereocenters. The molecule has 1 aliphatic rings. The first-order valence-corrected chi connectivity index (χ1v) is 7.68. The molecule has 5 nitrogen and oxygen atoms in total. The zero-order valence-electron chi connectivity index (χ0n) is 13.3. The Morgan fingerprint density at radius 3 is 2.72 bits per heavy atom. The molecule has 7 heteroatoms. The Balaban J connectivity index is 1.67. The van der Waals surface area contributed by atoms with Gasteiger partial charge in [0.15, 0.2) is 5.84 Å². The van der Waals surface area contributed by atoms with E-state index in [0.717, 1.165) is 35.1 Å². The molecule has 25 heavy (non-hydrogen) atoms. The van der Waals surface area contributed by atoms with E-state index >= 15 is 0 Å². The minimum Gasteiger partial charge on any atom is -0.246 e. The Kier molecular flexibility index (Phi) is 3.77. The van der Waals surface area contributed by atoms with Crippen LogP contribution in [0.2, 0.25) is 0 Å². The fraction of sp³-hybridized carbons (Fsp3) is 0.111. The van der Waals surface area contributed by atoms with E-state index in [4.69, 9.17) is 4.84 Å². The van der Waals surface area contributed by atoms with E-state index < -0.39 is 17.9 Å². The Labute approximate surface area is 142 Å². The van der Waals surface area contributed by atoms with Gasteiger partial charge in [0, 0.05) is 11.3 Å². The Bertz CT molecular complexity index is 953. The number of amidine groups is 1. The van der Waals surface area contributed by atoms with Crippen molar-refractivity contribution in [1.29, 1.82) is 0 Å². The van der Waals surface area contributed by atoms with Crippen LogP contribution in [0.5, 0.6) is 0 Å². The third-order valence-corrected chi connectivity index (χ3v) is 4.01. The van der Waals surface area contributed by atoms with Gasteiger partial charge in [0.2, 0.25) is 6.23 Å². The first kappa shape index (κ1) is 15.5. The van der Waals surface area contributed by atoms with E-state index in [1.54, 1.807) is 10.9 Å². The predicted octanol–water partition coefficient (Wildman–Crippen LogP) is 3.44. The maximum atomic E-state index is 13.9. The number of aliphatic imine (C=N–C) groups is 1. The summed E-state index contributed by atoms with van der Waals surface area (Å²) in [5, 5.41) is 4.37. The fourth-order valence-corrected chi connectivity index (χ4v) is 2.71. The first-order chi connectivity index (χ1) is 12.1. The molecular weight excluding hydrogens is 326 g/mol. The average molecular weight is 340 g/mol. The van der Waals surface area contributed by atoms with Crippen LogP contribution in [0.3, 0.4) is 0 Å². The molecule has 1 aromatic heterocycles. The summed E-state index contributed by atoms with van der Waals surface area (Å²) in [6.45, 7) is 1.90. The van der Waals surface area contributed by atoms with Gasteiger partial charge in [-0.3, -0.25) is 0 Å². The minimum absolute atomic E-state index is 0.0237. The van der Waals surface area contributed by atoms with Crippen LogP contribution in [0.1, 0.15) is 23.0 Å². The van der Waals surface area contributed by atoms with Crippen LogP contribution in [0.15, 0.2) is 59.7 Å². The largest absolute Gasteiger partial charge is 0.246 e. The Morgan fingerprint density at radius 1 is 1.12 bits per heavy atom. The van der Waals surface area contributed by atoms with Crippen molar-refractivity contribution < 1.29 is 13.6 Å². The summed E-state index contributed by atoms with van der Waals surface area (Å²) in [6, 6.07) is 12.8. The third-order valence-electron chi connectivity index (χ3n) is 4.01. The van der Waals surface area contributed by atoms with Gasteiger partial charge in [-0.15, -0.1) is 0 Å². The Morgan fingerprint density at radius 2 is 1.92 bits per heavy atom. The highest BCUT2D eigenvalue weighted by Gasteiger charge is 2.26.